The van der Waals surface area contributed by atoms with Gasteiger partial charge in [0.05, 0.1) is 22.8 Å². The number of rotatable bonds is 7. The molecule has 0 N–H and O–H groups in total. The van der Waals surface area contributed by atoms with Crippen molar-refractivity contribution in [3.05, 3.63) is 69.9 Å². The maximum Gasteiger partial charge on any atom is 0.282 e. The van der Waals surface area contributed by atoms with E-state index in [-0.39, 0.29) is 17.2 Å². The lowest BCUT2D eigenvalue weighted by Gasteiger charge is -2.32. The molecule has 0 atom stereocenters. The average Bonchev–Trinajstić information content (AvgIpc) is 3.08. The molecule has 0 saturated carbocycles. The fraction of sp³-hybridized carbons (Fsp3) is 0.360. The molecule has 1 saturated heterocycles. The highest BCUT2D eigenvalue weighted by molar-refractivity contribution is 6.45. The fourth-order valence-electron chi connectivity index (χ4n) is 4.22. The summed E-state index contributed by atoms with van der Waals surface area (Å²) in [5.74, 6) is 0.332. The molecule has 0 radical (unpaired) electrons. The molecule has 8 nitrogen and oxygen atoms in total. The van der Waals surface area contributed by atoms with Crippen molar-refractivity contribution >= 4 is 28.8 Å². The largest absolute Gasteiger partial charge is 0.494 e. The average molecular weight is 450 g/mol. The van der Waals surface area contributed by atoms with E-state index in [4.69, 9.17) is 4.74 Å². The number of nitrogens with zero attached hydrogens (tertiary/aromatic N) is 3. The first-order chi connectivity index (χ1) is 15.9. The van der Waals surface area contributed by atoms with Crippen molar-refractivity contribution in [2.45, 2.75) is 33.1 Å². The highest BCUT2D eigenvalue weighted by atomic mass is 16.6. The first kappa shape index (κ1) is 22.5. The van der Waals surface area contributed by atoms with Gasteiger partial charge in [0.15, 0.2) is 0 Å². The Morgan fingerprint density at radius 3 is 2.39 bits per heavy atom. The zero-order valence-corrected chi connectivity index (χ0v) is 18.8. The third-order valence-corrected chi connectivity index (χ3v) is 6.07. The number of carbonyl (C=O) groups excluding carboxylic acids is 2. The normalized spacial score (nSPS) is 17.2. The van der Waals surface area contributed by atoms with Crippen LogP contribution < -0.4 is 9.64 Å². The van der Waals surface area contributed by atoms with Gasteiger partial charge in [0.1, 0.15) is 11.4 Å². The van der Waals surface area contributed by atoms with Gasteiger partial charge < -0.3 is 9.64 Å². The molecule has 8 heteroatoms. The number of hydrogen-bond donors (Lipinski definition) is 0. The van der Waals surface area contributed by atoms with Crippen LogP contribution >= 0.6 is 0 Å². The number of amides is 2. The molecule has 0 spiro atoms. The van der Waals surface area contributed by atoms with Crippen LogP contribution in [0, 0.1) is 16.0 Å². The number of non-ortho nitro benzene ring substituents is 1. The van der Waals surface area contributed by atoms with E-state index < -0.39 is 10.8 Å². The van der Waals surface area contributed by atoms with Crippen LogP contribution in [-0.2, 0) is 9.59 Å². The number of piperidine rings is 1. The molecule has 2 aromatic rings. The summed E-state index contributed by atoms with van der Waals surface area (Å²) in [5.41, 5.74) is 1.51. The number of carbonyl (C=O) groups is 2. The van der Waals surface area contributed by atoms with Crippen LogP contribution in [0.15, 0.2) is 54.2 Å². The lowest BCUT2D eigenvalue weighted by atomic mass is 9.97. The minimum Gasteiger partial charge on any atom is -0.494 e. The van der Waals surface area contributed by atoms with Gasteiger partial charge >= 0.3 is 0 Å². The summed E-state index contributed by atoms with van der Waals surface area (Å²) in [4.78, 5) is 41.0. The number of likely N-dealkylation sites (tertiary alicyclic amines) is 1. The van der Waals surface area contributed by atoms with E-state index in [2.05, 4.69) is 6.92 Å². The first-order valence-electron chi connectivity index (χ1n) is 11.3. The van der Waals surface area contributed by atoms with Crippen LogP contribution in [0.2, 0.25) is 0 Å². The van der Waals surface area contributed by atoms with Crippen LogP contribution in [0.5, 0.6) is 5.75 Å². The second-order valence-electron chi connectivity index (χ2n) is 8.49. The number of ether oxygens (including phenoxy) is 1. The molecule has 4 rings (SSSR count). The summed E-state index contributed by atoms with van der Waals surface area (Å²) in [5, 5.41) is 11.1. The molecule has 0 aromatic heterocycles. The number of nitro groups is 1. The SMILES string of the molecule is CCCOc1cccc(N2C(=O)C(c3ccc([N+](=O)[O-])cc3)=C(N3CCC(C)CC3)C2=O)c1. The van der Waals surface area contributed by atoms with Crippen molar-refractivity contribution in [3.63, 3.8) is 0 Å². The Morgan fingerprint density at radius 1 is 1.06 bits per heavy atom. The van der Waals surface area contributed by atoms with Crippen LogP contribution in [0.25, 0.3) is 5.57 Å². The minimum atomic E-state index is -0.485. The minimum absolute atomic E-state index is 0.0675. The van der Waals surface area contributed by atoms with Crippen LogP contribution in [0.3, 0.4) is 0 Å². The molecule has 2 aliphatic heterocycles. The lowest BCUT2D eigenvalue weighted by Crippen LogP contribution is -2.38. The highest BCUT2D eigenvalue weighted by Crippen LogP contribution is 2.37. The Morgan fingerprint density at radius 2 is 1.76 bits per heavy atom. The van der Waals surface area contributed by atoms with E-state index in [0.29, 0.717) is 48.3 Å². The summed E-state index contributed by atoms with van der Waals surface area (Å²) in [6.07, 6.45) is 2.70. The van der Waals surface area contributed by atoms with Crippen molar-refractivity contribution in [1.29, 1.82) is 0 Å². The topological polar surface area (TPSA) is 93.0 Å². The number of anilines is 1. The maximum absolute atomic E-state index is 13.6. The third-order valence-electron chi connectivity index (χ3n) is 6.07. The van der Waals surface area contributed by atoms with Gasteiger partial charge in [0.25, 0.3) is 17.5 Å². The second-order valence-corrected chi connectivity index (χ2v) is 8.49. The van der Waals surface area contributed by atoms with Crippen molar-refractivity contribution < 1.29 is 19.2 Å². The molecule has 33 heavy (non-hydrogen) atoms. The van der Waals surface area contributed by atoms with E-state index in [0.717, 1.165) is 19.3 Å². The van der Waals surface area contributed by atoms with Crippen LogP contribution in [0.1, 0.15) is 38.7 Å². The van der Waals surface area contributed by atoms with Gasteiger partial charge in [0.2, 0.25) is 0 Å². The van der Waals surface area contributed by atoms with E-state index >= 15 is 0 Å². The smallest absolute Gasteiger partial charge is 0.282 e. The monoisotopic (exact) mass is 449 g/mol. The molecule has 0 aliphatic carbocycles. The van der Waals surface area contributed by atoms with Crippen LogP contribution in [0.4, 0.5) is 11.4 Å². The predicted octanol–water partition coefficient (Wildman–Crippen LogP) is 4.40. The maximum atomic E-state index is 13.6. The van der Waals surface area contributed by atoms with Gasteiger partial charge in [-0.25, -0.2) is 4.90 Å². The Kier molecular flexibility index (Phi) is 6.44. The molecule has 0 unspecified atom stereocenters. The Hall–Kier alpha value is -3.68. The van der Waals surface area contributed by atoms with E-state index in [1.54, 1.807) is 24.3 Å². The molecular formula is C25H27N3O5. The molecule has 172 valence electrons. The van der Waals surface area contributed by atoms with Gasteiger partial charge in [-0.05, 0) is 55.0 Å². The zero-order chi connectivity index (χ0) is 23.5. The van der Waals surface area contributed by atoms with Gasteiger partial charge in [-0.15, -0.1) is 0 Å². The number of benzene rings is 2. The second kappa shape index (κ2) is 9.44. The van der Waals surface area contributed by atoms with Gasteiger partial charge in [0, 0.05) is 31.3 Å². The molecule has 1 fully saturated rings. The molecule has 0 bridgehead atoms. The Balaban J connectivity index is 1.75. The molecule has 2 amide bonds. The summed E-state index contributed by atoms with van der Waals surface area (Å²) in [6.45, 7) is 6.08. The predicted molar refractivity (Wildman–Crippen MR) is 125 cm³/mol. The Bertz CT molecular complexity index is 1100. The van der Waals surface area contributed by atoms with Gasteiger partial charge in [-0.3, -0.25) is 19.7 Å². The van der Waals surface area contributed by atoms with Gasteiger partial charge in [-0.2, -0.15) is 0 Å². The lowest BCUT2D eigenvalue weighted by molar-refractivity contribution is -0.384. The molecule has 2 aliphatic rings. The quantitative estimate of drug-likeness (QED) is 0.353. The van der Waals surface area contributed by atoms with E-state index in [1.165, 1.54) is 29.2 Å². The summed E-state index contributed by atoms with van der Waals surface area (Å²) in [6, 6.07) is 12.7. The molecule has 2 heterocycles. The van der Waals surface area contributed by atoms with E-state index in [1.807, 2.05) is 11.8 Å². The first-order valence-corrected chi connectivity index (χ1v) is 11.3. The standard InChI is InChI=1S/C25H27N3O5/c1-3-15-33-21-6-4-5-20(16-21)27-24(29)22(18-7-9-19(10-8-18)28(31)32)23(25(27)30)26-13-11-17(2)12-14-26/h4-10,16-17H,3,11-15H2,1-2H3. The van der Waals surface area contributed by atoms with Gasteiger partial charge in [-0.1, -0.05) is 19.9 Å². The highest BCUT2D eigenvalue weighted by Gasteiger charge is 2.43. The number of nitro benzene ring substituents is 1. The van der Waals surface area contributed by atoms with Crippen molar-refractivity contribution in [1.82, 2.24) is 4.90 Å². The third kappa shape index (κ3) is 4.46. The van der Waals surface area contributed by atoms with Crippen molar-refractivity contribution in [2.75, 3.05) is 24.6 Å². The number of hydrogen-bond acceptors (Lipinski definition) is 6. The Labute approximate surface area is 192 Å². The van der Waals surface area contributed by atoms with Crippen molar-refractivity contribution in [2.24, 2.45) is 5.92 Å². The van der Waals surface area contributed by atoms with E-state index in [9.17, 15) is 19.7 Å². The molecule has 2 aromatic carbocycles. The molecular weight excluding hydrogens is 422 g/mol. The summed E-state index contributed by atoms with van der Waals surface area (Å²) in [7, 11) is 0. The summed E-state index contributed by atoms with van der Waals surface area (Å²) >= 11 is 0. The number of imide groups is 1. The fourth-order valence-corrected chi connectivity index (χ4v) is 4.22. The summed E-state index contributed by atoms with van der Waals surface area (Å²) < 4.78 is 5.69. The van der Waals surface area contributed by atoms with Crippen LogP contribution in [-0.4, -0.2) is 41.3 Å². The zero-order valence-electron chi connectivity index (χ0n) is 18.8. The van der Waals surface area contributed by atoms with Crippen molar-refractivity contribution in [3.8, 4) is 5.75 Å².